The largest absolute Gasteiger partial charge is 0.325 e. The Morgan fingerprint density at radius 1 is 1.20 bits per heavy atom. The van der Waals surface area contributed by atoms with Gasteiger partial charge in [0.25, 0.3) is 0 Å². The first-order valence-electron chi connectivity index (χ1n) is 5.98. The van der Waals surface area contributed by atoms with Crippen LogP contribution in [0.4, 0.5) is 0 Å². The van der Waals surface area contributed by atoms with Crippen LogP contribution in [0.1, 0.15) is 44.9 Å². The standard InChI is InChI=1S/C11H21NO2S/c12-11(6-7-11)5-1-2-10-3-8-15(13,14)9-4-10/h10H,1-9,12H2. The van der Waals surface area contributed by atoms with E-state index >= 15 is 0 Å². The molecule has 3 nitrogen and oxygen atoms in total. The van der Waals surface area contributed by atoms with Crippen LogP contribution >= 0.6 is 0 Å². The highest BCUT2D eigenvalue weighted by Gasteiger charge is 2.37. The topological polar surface area (TPSA) is 60.2 Å². The predicted molar refractivity (Wildman–Crippen MR) is 61.4 cm³/mol. The summed E-state index contributed by atoms with van der Waals surface area (Å²) in [5, 5.41) is 0. The lowest BCUT2D eigenvalue weighted by atomic mass is 9.94. The van der Waals surface area contributed by atoms with Gasteiger partial charge in [-0.1, -0.05) is 12.8 Å². The molecule has 0 atom stereocenters. The molecule has 0 bridgehead atoms. The van der Waals surface area contributed by atoms with Crippen molar-refractivity contribution in [2.45, 2.75) is 50.5 Å². The van der Waals surface area contributed by atoms with Crippen LogP contribution in [-0.4, -0.2) is 25.5 Å². The van der Waals surface area contributed by atoms with Crippen molar-refractivity contribution >= 4 is 9.84 Å². The molecule has 0 unspecified atom stereocenters. The summed E-state index contributed by atoms with van der Waals surface area (Å²) in [7, 11) is -2.68. The van der Waals surface area contributed by atoms with Gasteiger partial charge >= 0.3 is 0 Å². The number of hydrogen-bond donors (Lipinski definition) is 1. The highest BCUT2D eigenvalue weighted by Crippen LogP contribution is 2.38. The van der Waals surface area contributed by atoms with Crippen LogP contribution in [0.3, 0.4) is 0 Å². The summed E-state index contributed by atoms with van der Waals surface area (Å²) in [5.74, 6) is 1.45. The van der Waals surface area contributed by atoms with Crippen molar-refractivity contribution in [3.05, 3.63) is 0 Å². The molecule has 4 heteroatoms. The van der Waals surface area contributed by atoms with Crippen molar-refractivity contribution in [1.82, 2.24) is 0 Å². The zero-order valence-electron chi connectivity index (χ0n) is 9.24. The van der Waals surface area contributed by atoms with Gasteiger partial charge in [-0.25, -0.2) is 8.42 Å². The molecular weight excluding hydrogens is 210 g/mol. The minimum atomic E-state index is -2.68. The first kappa shape index (κ1) is 11.4. The fraction of sp³-hybridized carbons (Fsp3) is 1.00. The van der Waals surface area contributed by atoms with E-state index in [0.29, 0.717) is 17.4 Å². The smallest absolute Gasteiger partial charge is 0.150 e. The molecule has 1 aliphatic heterocycles. The van der Waals surface area contributed by atoms with Gasteiger partial charge in [-0.2, -0.15) is 0 Å². The highest BCUT2D eigenvalue weighted by molar-refractivity contribution is 7.91. The second-order valence-corrected chi connectivity index (χ2v) is 7.65. The Kier molecular flexibility index (Phi) is 3.08. The third kappa shape index (κ3) is 3.45. The summed E-state index contributed by atoms with van der Waals surface area (Å²) in [4.78, 5) is 0. The molecular formula is C11H21NO2S. The van der Waals surface area contributed by atoms with E-state index in [0.717, 1.165) is 19.3 Å². The van der Waals surface area contributed by atoms with E-state index < -0.39 is 9.84 Å². The number of rotatable bonds is 4. The normalized spacial score (nSPS) is 28.9. The molecule has 0 aromatic heterocycles. The Morgan fingerprint density at radius 2 is 1.80 bits per heavy atom. The minimum Gasteiger partial charge on any atom is -0.325 e. The van der Waals surface area contributed by atoms with E-state index in [-0.39, 0.29) is 5.54 Å². The highest BCUT2D eigenvalue weighted by atomic mass is 32.2. The van der Waals surface area contributed by atoms with Crippen LogP contribution in [0, 0.1) is 5.92 Å². The Labute approximate surface area is 92.3 Å². The fourth-order valence-corrected chi connectivity index (χ4v) is 3.97. The Morgan fingerprint density at radius 3 is 2.33 bits per heavy atom. The van der Waals surface area contributed by atoms with Gasteiger partial charge in [0.2, 0.25) is 0 Å². The molecule has 15 heavy (non-hydrogen) atoms. The molecule has 0 aromatic carbocycles. The molecule has 2 fully saturated rings. The monoisotopic (exact) mass is 231 g/mol. The fourth-order valence-electron chi connectivity index (χ4n) is 2.38. The summed E-state index contributed by atoms with van der Waals surface area (Å²) in [5.41, 5.74) is 6.18. The lowest BCUT2D eigenvalue weighted by Gasteiger charge is -2.22. The maximum Gasteiger partial charge on any atom is 0.150 e. The van der Waals surface area contributed by atoms with Crippen molar-refractivity contribution in [3.63, 3.8) is 0 Å². The average Bonchev–Trinajstić information content (AvgIpc) is 2.87. The molecule has 0 radical (unpaired) electrons. The van der Waals surface area contributed by atoms with Gasteiger partial charge in [0, 0.05) is 5.54 Å². The van der Waals surface area contributed by atoms with Gasteiger partial charge in [0.05, 0.1) is 11.5 Å². The van der Waals surface area contributed by atoms with Gasteiger partial charge < -0.3 is 5.73 Å². The van der Waals surface area contributed by atoms with Gasteiger partial charge in [-0.05, 0) is 38.0 Å². The van der Waals surface area contributed by atoms with Crippen LogP contribution in [0.5, 0.6) is 0 Å². The van der Waals surface area contributed by atoms with Gasteiger partial charge in [-0.3, -0.25) is 0 Å². The molecule has 0 spiro atoms. The zero-order chi connectivity index (χ0) is 10.9. The zero-order valence-corrected chi connectivity index (χ0v) is 10.1. The Hall–Kier alpha value is -0.0900. The average molecular weight is 231 g/mol. The second-order valence-electron chi connectivity index (χ2n) is 5.35. The SMILES string of the molecule is NC1(CCCC2CCS(=O)(=O)CC2)CC1. The second kappa shape index (κ2) is 4.06. The maximum absolute atomic E-state index is 11.2. The van der Waals surface area contributed by atoms with E-state index in [4.69, 9.17) is 5.73 Å². The maximum atomic E-state index is 11.2. The molecule has 1 heterocycles. The molecule has 0 aromatic rings. The van der Waals surface area contributed by atoms with E-state index in [2.05, 4.69) is 0 Å². The Bertz CT molecular complexity index is 305. The summed E-state index contributed by atoms with van der Waals surface area (Å²) in [6.45, 7) is 0. The molecule has 2 N–H and O–H groups in total. The lowest BCUT2D eigenvalue weighted by molar-refractivity contribution is 0.404. The van der Waals surface area contributed by atoms with Gasteiger partial charge in [0.15, 0.2) is 0 Å². The van der Waals surface area contributed by atoms with Crippen LogP contribution in [-0.2, 0) is 9.84 Å². The number of hydrogen-bond acceptors (Lipinski definition) is 3. The number of sulfone groups is 1. The summed E-state index contributed by atoms with van der Waals surface area (Å²) in [6.07, 6.45) is 7.61. The van der Waals surface area contributed by atoms with Crippen LogP contribution < -0.4 is 5.73 Å². The predicted octanol–water partition coefficient (Wildman–Crippen LogP) is 1.47. The van der Waals surface area contributed by atoms with Crippen LogP contribution in [0.15, 0.2) is 0 Å². The number of nitrogens with two attached hydrogens (primary N) is 1. The first-order valence-corrected chi connectivity index (χ1v) is 7.81. The molecule has 1 saturated heterocycles. The molecule has 1 aliphatic carbocycles. The van der Waals surface area contributed by atoms with E-state index in [1.165, 1.54) is 25.7 Å². The minimum absolute atomic E-state index is 0.167. The van der Waals surface area contributed by atoms with Crippen molar-refractivity contribution in [3.8, 4) is 0 Å². The van der Waals surface area contributed by atoms with Crippen molar-refractivity contribution < 1.29 is 8.42 Å². The van der Waals surface area contributed by atoms with Crippen molar-refractivity contribution in [1.29, 1.82) is 0 Å². The summed E-state index contributed by atoms with van der Waals surface area (Å²) >= 11 is 0. The molecule has 88 valence electrons. The van der Waals surface area contributed by atoms with E-state index in [1.807, 2.05) is 0 Å². The Balaban J connectivity index is 1.64. The van der Waals surface area contributed by atoms with Gasteiger partial charge in [0.1, 0.15) is 9.84 Å². The van der Waals surface area contributed by atoms with Crippen LogP contribution in [0.25, 0.3) is 0 Å². The quantitative estimate of drug-likeness (QED) is 0.797. The summed E-state index contributed by atoms with van der Waals surface area (Å²) < 4.78 is 22.4. The third-order valence-corrected chi connectivity index (χ3v) is 5.57. The molecule has 2 rings (SSSR count). The van der Waals surface area contributed by atoms with Gasteiger partial charge in [-0.15, -0.1) is 0 Å². The van der Waals surface area contributed by atoms with Crippen LogP contribution in [0.2, 0.25) is 0 Å². The first-order chi connectivity index (χ1) is 6.99. The lowest BCUT2D eigenvalue weighted by Crippen LogP contribution is -2.24. The molecule has 0 amide bonds. The summed E-state index contributed by atoms with van der Waals surface area (Å²) in [6, 6.07) is 0. The van der Waals surface area contributed by atoms with Crippen molar-refractivity contribution in [2.75, 3.05) is 11.5 Å². The van der Waals surface area contributed by atoms with Crippen molar-refractivity contribution in [2.24, 2.45) is 11.7 Å². The molecule has 1 saturated carbocycles. The third-order valence-electron chi connectivity index (χ3n) is 3.85. The van der Waals surface area contributed by atoms with E-state index in [9.17, 15) is 8.42 Å². The molecule has 2 aliphatic rings. The van der Waals surface area contributed by atoms with E-state index in [1.54, 1.807) is 0 Å².